The minimum absolute atomic E-state index is 0.138. The molecule has 1 aliphatic carbocycles. The van der Waals surface area contributed by atoms with Crippen LogP contribution in [-0.4, -0.2) is 29.0 Å². The van der Waals surface area contributed by atoms with E-state index in [4.69, 9.17) is 5.73 Å². The van der Waals surface area contributed by atoms with Crippen LogP contribution < -0.4 is 10.6 Å². The van der Waals surface area contributed by atoms with Gasteiger partial charge >= 0.3 is 0 Å². The maximum atomic E-state index is 11.1. The Labute approximate surface area is 125 Å². The summed E-state index contributed by atoms with van der Waals surface area (Å²) < 4.78 is 0. The summed E-state index contributed by atoms with van der Waals surface area (Å²) in [6.07, 6.45) is 6.21. The summed E-state index contributed by atoms with van der Waals surface area (Å²) in [6.45, 7) is 5.23. The van der Waals surface area contributed by atoms with Gasteiger partial charge in [-0.05, 0) is 39.2 Å². The van der Waals surface area contributed by atoms with Crippen LogP contribution in [0, 0.1) is 23.0 Å². The lowest BCUT2D eigenvalue weighted by Gasteiger charge is -2.39. The summed E-state index contributed by atoms with van der Waals surface area (Å²) in [5, 5.41) is 11.1. The number of hydrogen-bond donors (Lipinski definition) is 1. The number of rotatable bonds is 5. The molecule has 0 radical (unpaired) electrons. The van der Waals surface area contributed by atoms with Crippen molar-refractivity contribution in [2.45, 2.75) is 45.6 Å². The normalized spacial score (nSPS) is 22.0. The van der Waals surface area contributed by atoms with Crippen LogP contribution in [0.3, 0.4) is 0 Å². The van der Waals surface area contributed by atoms with Gasteiger partial charge in [-0.3, -0.25) is 10.1 Å². The maximum absolute atomic E-state index is 11.1. The van der Waals surface area contributed by atoms with Crippen LogP contribution in [0.5, 0.6) is 0 Å². The largest absolute Gasteiger partial charge is 0.353 e. The number of nitrogens with two attached hydrogens (primary N) is 1. The van der Waals surface area contributed by atoms with E-state index in [9.17, 15) is 10.1 Å². The van der Waals surface area contributed by atoms with E-state index < -0.39 is 0 Å². The Morgan fingerprint density at radius 1 is 1.48 bits per heavy atom. The number of aromatic nitrogens is 1. The zero-order chi connectivity index (χ0) is 15.4. The second-order valence-electron chi connectivity index (χ2n) is 5.72. The molecule has 2 N–H and O–H groups in total. The Morgan fingerprint density at radius 2 is 2.19 bits per heavy atom. The lowest BCUT2D eigenvalue weighted by Crippen LogP contribution is -2.45. The van der Waals surface area contributed by atoms with E-state index in [1.54, 1.807) is 19.2 Å². The van der Waals surface area contributed by atoms with Crippen molar-refractivity contribution in [1.82, 2.24) is 4.98 Å². The average Bonchev–Trinajstić information content (AvgIpc) is 2.49. The topological polar surface area (TPSA) is 85.3 Å². The average molecular weight is 292 g/mol. The summed E-state index contributed by atoms with van der Waals surface area (Å²) >= 11 is 0. The minimum Gasteiger partial charge on any atom is -0.353 e. The van der Waals surface area contributed by atoms with E-state index in [2.05, 4.69) is 16.8 Å². The van der Waals surface area contributed by atoms with Crippen LogP contribution in [0.25, 0.3) is 0 Å². The van der Waals surface area contributed by atoms with Gasteiger partial charge < -0.3 is 10.6 Å². The Balaban J connectivity index is 2.32. The maximum Gasteiger partial charge on any atom is 0.277 e. The highest BCUT2D eigenvalue weighted by molar-refractivity contribution is 5.51. The first-order valence-electron chi connectivity index (χ1n) is 7.66. The van der Waals surface area contributed by atoms with E-state index in [0.29, 0.717) is 29.9 Å². The highest BCUT2D eigenvalue weighted by Crippen LogP contribution is 2.32. The van der Waals surface area contributed by atoms with Crippen molar-refractivity contribution >= 4 is 11.5 Å². The van der Waals surface area contributed by atoms with Crippen molar-refractivity contribution < 1.29 is 4.92 Å². The van der Waals surface area contributed by atoms with E-state index in [1.807, 2.05) is 0 Å². The fourth-order valence-electron chi connectivity index (χ4n) is 3.30. The van der Waals surface area contributed by atoms with Gasteiger partial charge in [0, 0.05) is 24.3 Å². The van der Waals surface area contributed by atoms with Crippen LogP contribution in [0.4, 0.5) is 11.5 Å². The molecule has 21 heavy (non-hydrogen) atoms. The summed E-state index contributed by atoms with van der Waals surface area (Å²) in [5.74, 6) is 1.14. The van der Waals surface area contributed by atoms with Crippen molar-refractivity contribution in [3.05, 3.63) is 27.9 Å². The first-order chi connectivity index (χ1) is 10.1. The molecule has 6 nitrogen and oxygen atoms in total. The third-order valence-corrected chi connectivity index (χ3v) is 4.46. The van der Waals surface area contributed by atoms with Gasteiger partial charge in [0.1, 0.15) is 5.82 Å². The number of aryl methyl sites for hydroxylation is 1. The van der Waals surface area contributed by atoms with Crippen LogP contribution in [0.2, 0.25) is 0 Å². The summed E-state index contributed by atoms with van der Waals surface area (Å²) in [7, 11) is 0. The molecule has 2 rings (SSSR count). The second-order valence-corrected chi connectivity index (χ2v) is 5.72. The van der Waals surface area contributed by atoms with Gasteiger partial charge in [0.15, 0.2) is 0 Å². The van der Waals surface area contributed by atoms with Gasteiger partial charge in [-0.2, -0.15) is 0 Å². The Hall–Kier alpha value is -1.69. The van der Waals surface area contributed by atoms with Gasteiger partial charge in [0.05, 0.1) is 11.0 Å². The lowest BCUT2D eigenvalue weighted by atomic mass is 9.83. The molecule has 116 valence electrons. The Kier molecular flexibility index (Phi) is 5.12. The predicted molar refractivity (Wildman–Crippen MR) is 83.4 cm³/mol. The minimum atomic E-state index is -0.338. The molecule has 1 aromatic heterocycles. The second kappa shape index (κ2) is 6.85. The fraction of sp³-hybridized carbons (Fsp3) is 0.667. The number of anilines is 1. The third-order valence-electron chi connectivity index (χ3n) is 4.46. The van der Waals surface area contributed by atoms with Gasteiger partial charge in [0.25, 0.3) is 5.69 Å². The van der Waals surface area contributed by atoms with Crippen LogP contribution in [0.15, 0.2) is 12.3 Å². The number of nitrogens with zero attached hydrogens (tertiary/aromatic N) is 3. The molecule has 1 aromatic rings. The molecular formula is C15H24N4O2. The van der Waals surface area contributed by atoms with Crippen molar-refractivity contribution in [2.24, 2.45) is 11.7 Å². The molecule has 2 atom stereocenters. The molecule has 1 heterocycles. The molecule has 0 saturated heterocycles. The number of nitro groups is 1. The van der Waals surface area contributed by atoms with Crippen LogP contribution in [0.1, 0.15) is 38.2 Å². The summed E-state index contributed by atoms with van der Waals surface area (Å²) in [5.41, 5.74) is 6.64. The molecule has 2 unspecified atom stereocenters. The number of pyridine rings is 1. The monoisotopic (exact) mass is 292 g/mol. The van der Waals surface area contributed by atoms with Crippen molar-refractivity contribution in [2.75, 3.05) is 18.0 Å². The standard InChI is InChI=1S/C15H24N4O2/c1-3-18(13-7-5-4-6-12(13)9-16)15-8-14(19(20)21)11(2)10-17-15/h8,10,12-13H,3-7,9,16H2,1-2H3. The third kappa shape index (κ3) is 3.32. The van der Waals surface area contributed by atoms with Gasteiger partial charge in [-0.25, -0.2) is 4.98 Å². The zero-order valence-corrected chi connectivity index (χ0v) is 12.8. The van der Waals surface area contributed by atoms with Crippen molar-refractivity contribution in [3.8, 4) is 0 Å². The predicted octanol–water partition coefficient (Wildman–Crippen LogP) is 2.64. The highest BCUT2D eigenvalue weighted by Gasteiger charge is 2.30. The quantitative estimate of drug-likeness (QED) is 0.666. The first kappa shape index (κ1) is 15.7. The molecule has 0 spiro atoms. The smallest absolute Gasteiger partial charge is 0.277 e. The number of hydrogen-bond acceptors (Lipinski definition) is 5. The van der Waals surface area contributed by atoms with Gasteiger partial charge in [0.2, 0.25) is 0 Å². The van der Waals surface area contributed by atoms with E-state index >= 15 is 0 Å². The van der Waals surface area contributed by atoms with Gasteiger partial charge in [-0.15, -0.1) is 0 Å². The molecule has 1 aliphatic rings. The molecule has 0 bridgehead atoms. The molecule has 1 fully saturated rings. The SMILES string of the molecule is CCN(c1cc([N+](=O)[O-])c(C)cn1)C1CCCCC1CN. The zero-order valence-electron chi connectivity index (χ0n) is 12.8. The van der Waals surface area contributed by atoms with E-state index in [0.717, 1.165) is 19.4 Å². The van der Waals surface area contributed by atoms with E-state index in [1.165, 1.54) is 12.8 Å². The van der Waals surface area contributed by atoms with E-state index in [-0.39, 0.29) is 10.6 Å². The molecule has 0 amide bonds. The Bertz CT molecular complexity index is 506. The fourth-order valence-corrected chi connectivity index (χ4v) is 3.30. The van der Waals surface area contributed by atoms with Crippen molar-refractivity contribution in [1.29, 1.82) is 0 Å². The first-order valence-corrected chi connectivity index (χ1v) is 7.66. The van der Waals surface area contributed by atoms with Crippen LogP contribution in [-0.2, 0) is 0 Å². The summed E-state index contributed by atoms with van der Waals surface area (Å²) in [6, 6.07) is 1.93. The molecular weight excluding hydrogens is 268 g/mol. The molecule has 0 aromatic carbocycles. The van der Waals surface area contributed by atoms with Gasteiger partial charge in [-0.1, -0.05) is 12.8 Å². The molecule has 6 heteroatoms. The lowest BCUT2D eigenvalue weighted by molar-refractivity contribution is -0.385. The Morgan fingerprint density at radius 3 is 2.81 bits per heavy atom. The molecule has 1 saturated carbocycles. The summed E-state index contributed by atoms with van der Waals surface area (Å²) in [4.78, 5) is 17.4. The molecule has 0 aliphatic heterocycles. The highest BCUT2D eigenvalue weighted by atomic mass is 16.6. The van der Waals surface area contributed by atoms with Crippen LogP contribution >= 0.6 is 0 Å². The van der Waals surface area contributed by atoms with Crippen molar-refractivity contribution in [3.63, 3.8) is 0 Å².